The topological polar surface area (TPSA) is 114 Å². The molecule has 0 radical (unpaired) electrons. The molecule has 0 aliphatic heterocycles. The van der Waals surface area contributed by atoms with E-state index >= 15 is 0 Å². The van der Waals surface area contributed by atoms with E-state index in [1.165, 1.54) is 11.6 Å². The molecule has 3 rings (SSSR count). The van der Waals surface area contributed by atoms with Gasteiger partial charge in [0.1, 0.15) is 5.82 Å². The van der Waals surface area contributed by atoms with Gasteiger partial charge in [0.2, 0.25) is 0 Å². The van der Waals surface area contributed by atoms with Gasteiger partial charge in [0, 0.05) is 17.1 Å². The van der Waals surface area contributed by atoms with Crippen LogP contribution in [0.4, 0.5) is 5.69 Å². The second kappa shape index (κ2) is 7.51. The van der Waals surface area contributed by atoms with Crippen LogP contribution >= 0.6 is 0 Å². The van der Waals surface area contributed by atoms with E-state index in [1.807, 2.05) is 19.9 Å². The Labute approximate surface area is 161 Å². The Balaban J connectivity index is 1.95. The van der Waals surface area contributed by atoms with Crippen molar-refractivity contribution in [1.29, 1.82) is 0 Å². The van der Waals surface area contributed by atoms with Crippen molar-refractivity contribution in [3.05, 3.63) is 79.1 Å². The van der Waals surface area contributed by atoms with Crippen molar-refractivity contribution in [2.24, 2.45) is 0 Å². The lowest BCUT2D eigenvalue weighted by Gasteiger charge is -2.10. The number of hydrogen-bond acceptors (Lipinski definition) is 5. The molecule has 0 bridgehead atoms. The lowest BCUT2D eigenvalue weighted by molar-refractivity contribution is -0.387. The Morgan fingerprint density at radius 1 is 1.25 bits per heavy atom. The van der Waals surface area contributed by atoms with Crippen molar-refractivity contribution in [3.63, 3.8) is 0 Å². The molecule has 0 aliphatic carbocycles. The number of nitrogens with one attached hydrogen (secondary N) is 1. The molecule has 2 N–H and O–H groups in total. The third-order valence-corrected chi connectivity index (χ3v) is 4.57. The highest BCUT2D eigenvalue weighted by molar-refractivity contribution is 5.69. The molecule has 2 heterocycles. The minimum Gasteiger partial charge on any atom is -0.488 e. The SMILES string of the molecule is CCc1ccc(-n2c(C)cc(C=Cc3nc(O)c([N+](=O)[O-])c(=O)[nH]3)c2C)cc1. The number of aromatic nitrogens is 3. The van der Waals surface area contributed by atoms with Gasteiger partial charge in [-0.3, -0.25) is 14.9 Å². The van der Waals surface area contributed by atoms with Crippen molar-refractivity contribution in [1.82, 2.24) is 14.5 Å². The van der Waals surface area contributed by atoms with Crippen molar-refractivity contribution >= 4 is 17.8 Å². The maximum atomic E-state index is 11.7. The van der Waals surface area contributed by atoms with Crippen LogP contribution in [0, 0.1) is 24.0 Å². The lowest BCUT2D eigenvalue weighted by atomic mass is 10.1. The number of nitro groups is 1. The second-order valence-corrected chi connectivity index (χ2v) is 6.40. The van der Waals surface area contributed by atoms with Crippen LogP contribution in [-0.2, 0) is 6.42 Å². The molecule has 1 aromatic carbocycles. The van der Waals surface area contributed by atoms with Crippen molar-refractivity contribution in [2.45, 2.75) is 27.2 Å². The van der Waals surface area contributed by atoms with Gasteiger partial charge in [-0.2, -0.15) is 4.98 Å². The van der Waals surface area contributed by atoms with Gasteiger partial charge in [0.25, 0.3) is 5.88 Å². The van der Waals surface area contributed by atoms with E-state index in [0.717, 1.165) is 29.1 Å². The molecule has 0 aliphatic rings. The molecule has 2 aromatic heterocycles. The molecular weight excluding hydrogens is 360 g/mol. The molecule has 8 nitrogen and oxygen atoms in total. The fourth-order valence-electron chi connectivity index (χ4n) is 3.12. The number of nitrogens with zero attached hydrogens (tertiary/aromatic N) is 3. The first-order valence-electron chi connectivity index (χ1n) is 8.75. The van der Waals surface area contributed by atoms with Crippen LogP contribution in [0.5, 0.6) is 5.88 Å². The Bertz CT molecular complexity index is 1120. The highest BCUT2D eigenvalue weighted by atomic mass is 16.6. The maximum Gasteiger partial charge on any atom is 0.395 e. The fraction of sp³-hybridized carbons (Fsp3) is 0.200. The highest BCUT2D eigenvalue weighted by Crippen LogP contribution is 2.23. The van der Waals surface area contributed by atoms with Crippen molar-refractivity contribution in [2.75, 3.05) is 0 Å². The number of aromatic amines is 1. The first kappa shape index (κ1) is 19.1. The first-order valence-corrected chi connectivity index (χ1v) is 8.75. The highest BCUT2D eigenvalue weighted by Gasteiger charge is 2.21. The van der Waals surface area contributed by atoms with Gasteiger partial charge in [-0.1, -0.05) is 19.1 Å². The van der Waals surface area contributed by atoms with E-state index < -0.39 is 22.0 Å². The predicted molar refractivity (Wildman–Crippen MR) is 107 cm³/mol. The van der Waals surface area contributed by atoms with Crippen LogP contribution in [-0.4, -0.2) is 24.6 Å². The normalized spacial score (nSPS) is 11.2. The van der Waals surface area contributed by atoms with Crippen LogP contribution in [0.3, 0.4) is 0 Å². The van der Waals surface area contributed by atoms with Gasteiger partial charge < -0.3 is 14.7 Å². The number of aryl methyl sites for hydroxylation is 2. The van der Waals surface area contributed by atoms with Gasteiger partial charge in [-0.15, -0.1) is 0 Å². The van der Waals surface area contributed by atoms with E-state index in [0.29, 0.717) is 0 Å². The molecule has 28 heavy (non-hydrogen) atoms. The Morgan fingerprint density at radius 3 is 2.50 bits per heavy atom. The summed E-state index contributed by atoms with van der Waals surface area (Å²) in [6.45, 7) is 6.08. The van der Waals surface area contributed by atoms with E-state index in [-0.39, 0.29) is 5.82 Å². The molecule has 0 saturated heterocycles. The first-order chi connectivity index (χ1) is 13.3. The summed E-state index contributed by atoms with van der Waals surface area (Å²) in [5.74, 6) is -0.875. The fourth-order valence-corrected chi connectivity index (χ4v) is 3.12. The van der Waals surface area contributed by atoms with Crippen LogP contribution in [0.25, 0.3) is 17.8 Å². The summed E-state index contributed by atoms with van der Waals surface area (Å²) in [5, 5.41) is 20.4. The zero-order chi connectivity index (χ0) is 20.4. The number of aromatic hydroxyl groups is 1. The zero-order valence-corrected chi connectivity index (χ0v) is 15.8. The average molecular weight is 380 g/mol. The molecular formula is C20H20N4O4. The minimum atomic E-state index is -1.00. The summed E-state index contributed by atoms with van der Waals surface area (Å²) in [7, 11) is 0. The summed E-state index contributed by atoms with van der Waals surface area (Å²) >= 11 is 0. The van der Waals surface area contributed by atoms with Crippen LogP contribution in [0.15, 0.2) is 35.1 Å². The van der Waals surface area contributed by atoms with Gasteiger partial charge in [0.15, 0.2) is 0 Å². The molecule has 0 fully saturated rings. The van der Waals surface area contributed by atoms with Crippen LogP contribution in [0.2, 0.25) is 0 Å². The monoisotopic (exact) mass is 380 g/mol. The molecule has 0 atom stereocenters. The maximum absolute atomic E-state index is 11.7. The van der Waals surface area contributed by atoms with Gasteiger partial charge in [0.05, 0.1) is 4.92 Å². The third-order valence-electron chi connectivity index (χ3n) is 4.57. The summed E-state index contributed by atoms with van der Waals surface area (Å²) in [6, 6.07) is 10.3. The molecule has 144 valence electrons. The number of rotatable bonds is 5. The standard InChI is InChI=1S/C20H20N4O4/c1-4-14-5-8-16(9-6-14)23-12(2)11-15(13(23)3)7-10-17-21-19(25)18(24(27)28)20(26)22-17/h5-11H,4H2,1-3H3,(H2,21,22,25,26). The largest absolute Gasteiger partial charge is 0.488 e. The van der Waals surface area contributed by atoms with Gasteiger partial charge in [-0.25, -0.2) is 0 Å². The molecule has 8 heteroatoms. The average Bonchev–Trinajstić information content (AvgIpc) is 2.93. The second-order valence-electron chi connectivity index (χ2n) is 6.40. The quantitative estimate of drug-likeness (QED) is 0.519. The van der Waals surface area contributed by atoms with Gasteiger partial charge in [-0.05, 0) is 61.7 Å². The van der Waals surface area contributed by atoms with E-state index in [2.05, 4.69) is 45.7 Å². The minimum absolute atomic E-state index is 0.0326. The molecule has 0 amide bonds. The molecule has 3 aromatic rings. The summed E-state index contributed by atoms with van der Waals surface area (Å²) < 4.78 is 2.11. The van der Waals surface area contributed by atoms with Crippen LogP contribution < -0.4 is 5.56 Å². The summed E-state index contributed by atoms with van der Waals surface area (Å²) in [5.41, 5.74) is 3.27. The van der Waals surface area contributed by atoms with Crippen molar-refractivity contribution in [3.8, 4) is 11.6 Å². The Kier molecular flexibility index (Phi) is 5.12. The Hall–Kier alpha value is -3.68. The number of H-pyrrole nitrogens is 1. The molecule has 0 saturated carbocycles. The number of benzene rings is 1. The Morgan fingerprint density at radius 2 is 1.93 bits per heavy atom. The molecule has 0 unspecified atom stereocenters. The van der Waals surface area contributed by atoms with Crippen LogP contribution in [0.1, 0.15) is 35.3 Å². The van der Waals surface area contributed by atoms with E-state index in [9.17, 15) is 20.0 Å². The smallest absolute Gasteiger partial charge is 0.395 e. The zero-order valence-electron chi connectivity index (χ0n) is 15.8. The predicted octanol–water partition coefficient (Wildman–Crippen LogP) is 3.52. The number of hydrogen-bond donors (Lipinski definition) is 2. The summed E-state index contributed by atoms with van der Waals surface area (Å²) in [4.78, 5) is 27.5. The summed E-state index contributed by atoms with van der Waals surface area (Å²) in [6.07, 6.45) is 4.21. The molecule has 0 spiro atoms. The lowest BCUT2D eigenvalue weighted by Crippen LogP contribution is -2.14. The third kappa shape index (κ3) is 3.57. The van der Waals surface area contributed by atoms with Crippen molar-refractivity contribution < 1.29 is 10.0 Å². The van der Waals surface area contributed by atoms with E-state index in [4.69, 9.17) is 0 Å². The van der Waals surface area contributed by atoms with Gasteiger partial charge >= 0.3 is 11.2 Å². The van der Waals surface area contributed by atoms with E-state index in [1.54, 1.807) is 6.08 Å².